The predicted molar refractivity (Wildman–Crippen MR) is 149 cm³/mol. The van der Waals surface area contributed by atoms with Crippen molar-refractivity contribution in [3.63, 3.8) is 0 Å². The molecule has 0 heterocycles. The Morgan fingerprint density at radius 1 is 0.676 bits per heavy atom. The average Bonchev–Trinajstić information content (AvgIpc) is 2.80. The third-order valence-corrected chi connectivity index (χ3v) is 7.90. The molecular weight excluding hydrogens is 440 g/mol. The summed E-state index contributed by atoms with van der Waals surface area (Å²) in [6.45, 7) is 3.14. The first-order valence-corrected chi connectivity index (χ1v) is 15.0. The van der Waals surface area contributed by atoms with Gasteiger partial charge < -0.3 is 0 Å². The van der Waals surface area contributed by atoms with Crippen molar-refractivity contribution in [1.29, 1.82) is 0 Å². The van der Waals surface area contributed by atoms with Gasteiger partial charge in [0.25, 0.3) is 0 Å². The Balaban J connectivity index is 1.64. The van der Waals surface area contributed by atoms with Gasteiger partial charge in [0.1, 0.15) is 12.2 Å². The molecular formula is C29H47N2O2S+. The zero-order valence-corrected chi connectivity index (χ0v) is 22.6. The lowest BCUT2D eigenvalue weighted by Gasteiger charge is -2.29. The lowest BCUT2D eigenvalue weighted by atomic mass is 10.1. The zero-order chi connectivity index (χ0) is 24.7. The van der Waals surface area contributed by atoms with Gasteiger partial charge in [0.15, 0.2) is 0 Å². The van der Waals surface area contributed by atoms with Crippen LogP contribution in [-0.4, -0.2) is 28.3 Å². The summed E-state index contributed by atoms with van der Waals surface area (Å²) >= 11 is 0. The van der Waals surface area contributed by atoms with Crippen LogP contribution in [0.25, 0.3) is 0 Å². The molecule has 0 spiro atoms. The van der Waals surface area contributed by atoms with E-state index >= 15 is 0 Å². The SMILES string of the molecule is CCCCCCCCCCCCCCS(=O)(=O)Nc1ccc([N+](C)(C)Cc2ccccc2)cc1. The molecule has 0 bridgehead atoms. The van der Waals surface area contributed by atoms with Crippen molar-refractivity contribution in [2.45, 2.75) is 90.5 Å². The largest absolute Gasteiger partial charge is 0.292 e. The molecule has 2 aromatic carbocycles. The summed E-state index contributed by atoms with van der Waals surface area (Å²) in [4.78, 5) is 0. The maximum absolute atomic E-state index is 12.5. The van der Waals surface area contributed by atoms with Crippen molar-refractivity contribution in [2.24, 2.45) is 0 Å². The zero-order valence-electron chi connectivity index (χ0n) is 21.8. The number of anilines is 1. The molecule has 0 radical (unpaired) electrons. The van der Waals surface area contributed by atoms with Gasteiger partial charge >= 0.3 is 0 Å². The molecule has 0 aliphatic carbocycles. The number of unbranched alkanes of at least 4 members (excludes halogenated alkanes) is 11. The molecule has 0 saturated carbocycles. The first-order valence-electron chi connectivity index (χ1n) is 13.3. The van der Waals surface area contributed by atoms with Gasteiger partial charge in [-0.15, -0.1) is 0 Å². The highest BCUT2D eigenvalue weighted by Crippen LogP contribution is 2.24. The second-order valence-electron chi connectivity index (χ2n) is 10.2. The van der Waals surface area contributed by atoms with Crippen molar-refractivity contribution in [1.82, 2.24) is 4.48 Å². The van der Waals surface area contributed by atoms with E-state index in [0.717, 1.165) is 31.5 Å². The van der Waals surface area contributed by atoms with Crippen LogP contribution >= 0.6 is 0 Å². The Morgan fingerprint density at radius 3 is 1.71 bits per heavy atom. The second-order valence-corrected chi connectivity index (χ2v) is 12.0. The van der Waals surface area contributed by atoms with Crippen LogP contribution in [0.1, 0.15) is 89.5 Å². The van der Waals surface area contributed by atoms with Crippen LogP contribution in [-0.2, 0) is 16.6 Å². The maximum Gasteiger partial charge on any atom is 0.232 e. The van der Waals surface area contributed by atoms with Gasteiger partial charge in [0, 0.05) is 23.4 Å². The number of rotatable bonds is 18. The maximum atomic E-state index is 12.5. The van der Waals surface area contributed by atoms with Crippen molar-refractivity contribution in [2.75, 3.05) is 24.6 Å². The van der Waals surface area contributed by atoms with E-state index in [2.05, 4.69) is 50.0 Å². The molecule has 0 atom stereocenters. The van der Waals surface area contributed by atoms with Gasteiger partial charge in [0.05, 0.1) is 19.8 Å². The molecule has 0 unspecified atom stereocenters. The van der Waals surface area contributed by atoms with Crippen LogP contribution in [0, 0.1) is 0 Å². The van der Waals surface area contributed by atoms with Crippen LogP contribution in [0.3, 0.4) is 0 Å². The van der Waals surface area contributed by atoms with E-state index in [1.807, 2.05) is 30.3 Å². The Morgan fingerprint density at radius 2 is 1.18 bits per heavy atom. The first kappa shape index (κ1) is 28.4. The summed E-state index contributed by atoms with van der Waals surface area (Å²) < 4.78 is 28.4. The summed E-state index contributed by atoms with van der Waals surface area (Å²) in [6.07, 6.45) is 14.8. The molecule has 190 valence electrons. The van der Waals surface area contributed by atoms with Crippen molar-refractivity contribution in [3.05, 3.63) is 60.2 Å². The highest BCUT2D eigenvalue weighted by Gasteiger charge is 2.20. The lowest BCUT2D eigenvalue weighted by molar-refractivity contribution is 0.392. The number of hydrogen-bond acceptors (Lipinski definition) is 2. The van der Waals surface area contributed by atoms with E-state index in [0.29, 0.717) is 10.2 Å². The molecule has 1 N–H and O–H groups in total. The number of nitrogens with one attached hydrogen (secondary N) is 1. The second kappa shape index (κ2) is 15.2. The quantitative estimate of drug-likeness (QED) is 0.172. The normalized spacial score (nSPS) is 12.1. The summed E-state index contributed by atoms with van der Waals surface area (Å²) in [7, 11) is 1.03. The minimum atomic E-state index is -3.30. The third kappa shape index (κ3) is 11.5. The van der Waals surface area contributed by atoms with E-state index in [-0.39, 0.29) is 5.75 Å². The minimum absolute atomic E-state index is 0.196. The Bertz CT molecular complexity index is 893. The van der Waals surface area contributed by atoms with Gasteiger partial charge in [-0.2, -0.15) is 0 Å². The van der Waals surface area contributed by atoms with Crippen molar-refractivity contribution < 1.29 is 8.42 Å². The van der Waals surface area contributed by atoms with E-state index in [4.69, 9.17) is 0 Å². The average molecular weight is 488 g/mol. The van der Waals surface area contributed by atoms with Crippen LogP contribution in [0.5, 0.6) is 0 Å². The van der Waals surface area contributed by atoms with Gasteiger partial charge in [-0.25, -0.2) is 8.42 Å². The van der Waals surface area contributed by atoms with Crippen LogP contribution in [0.15, 0.2) is 54.6 Å². The lowest BCUT2D eigenvalue weighted by Crippen LogP contribution is -2.39. The Hall–Kier alpha value is -1.85. The fourth-order valence-corrected chi connectivity index (χ4v) is 5.61. The predicted octanol–water partition coefficient (Wildman–Crippen LogP) is 7.90. The fourth-order valence-electron chi connectivity index (χ4n) is 4.43. The number of hydrogen-bond donors (Lipinski definition) is 1. The van der Waals surface area contributed by atoms with Crippen LogP contribution < -0.4 is 9.21 Å². The first-order chi connectivity index (χ1) is 16.3. The summed E-state index contributed by atoms with van der Waals surface area (Å²) in [6, 6.07) is 18.2. The van der Waals surface area contributed by atoms with Crippen molar-refractivity contribution >= 4 is 21.4 Å². The summed E-state index contributed by atoms with van der Waals surface area (Å²) in [5.41, 5.74) is 3.06. The molecule has 0 aromatic heterocycles. The van der Waals surface area contributed by atoms with Crippen LogP contribution in [0.4, 0.5) is 11.4 Å². The molecule has 0 fully saturated rings. The van der Waals surface area contributed by atoms with E-state index < -0.39 is 10.0 Å². The molecule has 4 nitrogen and oxygen atoms in total. The Labute approximate surface area is 209 Å². The number of nitrogens with zero attached hydrogens (tertiary/aromatic N) is 1. The van der Waals surface area contributed by atoms with Crippen LogP contribution in [0.2, 0.25) is 0 Å². The number of benzene rings is 2. The fraction of sp³-hybridized carbons (Fsp3) is 0.586. The van der Waals surface area contributed by atoms with Gasteiger partial charge in [0.2, 0.25) is 10.0 Å². The third-order valence-electron chi connectivity index (χ3n) is 6.53. The van der Waals surface area contributed by atoms with Gasteiger partial charge in [-0.1, -0.05) is 108 Å². The number of sulfonamides is 1. The topological polar surface area (TPSA) is 46.2 Å². The van der Waals surface area contributed by atoms with E-state index in [1.165, 1.54) is 63.4 Å². The van der Waals surface area contributed by atoms with Crippen molar-refractivity contribution in [3.8, 4) is 0 Å². The van der Waals surface area contributed by atoms with Gasteiger partial charge in [-0.3, -0.25) is 9.21 Å². The minimum Gasteiger partial charge on any atom is -0.292 e. The van der Waals surface area contributed by atoms with Gasteiger partial charge in [-0.05, 0) is 18.6 Å². The standard InChI is InChI=1S/C29H47N2O2S/c1-4-5-6-7-8-9-10-11-12-13-14-18-25-34(32,33)30-28-21-23-29(24-22-28)31(2,3)26-27-19-16-15-17-20-27/h15-17,19-24,30H,4-14,18,25-26H2,1-3H3/q+1. The summed E-state index contributed by atoms with van der Waals surface area (Å²) in [5, 5.41) is 0. The molecule has 0 saturated heterocycles. The van der Waals surface area contributed by atoms with E-state index in [1.54, 1.807) is 0 Å². The molecule has 2 rings (SSSR count). The highest BCUT2D eigenvalue weighted by molar-refractivity contribution is 7.92. The molecule has 0 amide bonds. The molecule has 2 aromatic rings. The highest BCUT2D eigenvalue weighted by atomic mass is 32.2. The summed E-state index contributed by atoms with van der Waals surface area (Å²) in [5.74, 6) is 0.196. The monoisotopic (exact) mass is 487 g/mol. The smallest absolute Gasteiger partial charge is 0.232 e. The number of quaternary nitrogens is 1. The molecule has 0 aliphatic heterocycles. The molecule has 0 aliphatic rings. The Kier molecular flexibility index (Phi) is 12.7. The van der Waals surface area contributed by atoms with E-state index in [9.17, 15) is 8.42 Å². The molecule has 34 heavy (non-hydrogen) atoms. The molecule has 5 heteroatoms.